The SMILES string of the molecule is CCOC(=O)CN(C1CC1)S(=O)(=O)c1cc(N)ccc1Cl. The molecule has 1 aromatic carbocycles. The first-order valence-electron chi connectivity index (χ1n) is 6.58. The maximum Gasteiger partial charge on any atom is 0.321 e. The minimum Gasteiger partial charge on any atom is -0.465 e. The van der Waals surface area contributed by atoms with Crippen molar-refractivity contribution in [2.45, 2.75) is 30.7 Å². The van der Waals surface area contributed by atoms with Crippen molar-refractivity contribution < 1.29 is 17.9 Å². The van der Waals surface area contributed by atoms with Crippen LogP contribution in [0.2, 0.25) is 5.02 Å². The molecule has 1 aliphatic carbocycles. The summed E-state index contributed by atoms with van der Waals surface area (Å²) in [6.45, 7) is 1.56. The lowest BCUT2D eigenvalue weighted by atomic mass is 10.3. The molecule has 0 radical (unpaired) electrons. The van der Waals surface area contributed by atoms with Crippen LogP contribution in [-0.4, -0.2) is 37.9 Å². The van der Waals surface area contributed by atoms with E-state index >= 15 is 0 Å². The number of nitrogens with two attached hydrogens (primary N) is 1. The van der Waals surface area contributed by atoms with Gasteiger partial charge in [0.15, 0.2) is 0 Å². The first kappa shape index (κ1) is 16.1. The molecule has 1 aliphatic rings. The zero-order valence-electron chi connectivity index (χ0n) is 11.6. The normalized spacial score (nSPS) is 15.2. The largest absolute Gasteiger partial charge is 0.465 e. The van der Waals surface area contributed by atoms with Crippen LogP contribution in [0.5, 0.6) is 0 Å². The number of sulfonamides is 1. The summed E-state index contributed by atoms with van der Waals surface area (Å²) in [5, 5.41) is 0.0821. The highest BCUT2D eigenvalue weighted by Crippen LogP contribution is 2.34. The van der Waals surface area contributed by atoms with Gasteiger partial charge in [0.25, 0.3) is 0 Å². The van der Waals surface area contributed by atoms with Gasteiger partial charge in [-0.15, -0.1) is 0 Å². The molecule has 21 heavy (non-hydrogen) atoms. The summed E-state index contributed by atoms with van der Waals surface area (Å²) in [6.07, 6.45) is 1.44. The van der Waals surface area contributed by atoms with E-state index in [1.54, 1.807) is 6.92 Å². The van der Waals surface area contributed by atoms with E-state index in [1.165, 1.54) is 18.2 Å². The molecule has 1 fully saturated rings. The number of anilines is 1. The van der Waals surface area contributed by atoms with Crippen LogP contribution in [0.15, 0.2) is 23.1 Å². The third-order valence-electron chi connectivity index (χ3n) is 3.09. The van der Waals surface area contributed by atoms with Crippen LogP contribution in [0.25, 0.3) is 0 Å². The van der Waals surface area contributed by atoms with Crippen molar-refractivity contribution >= 4 is 33.3 Å². The van der Waals surface area contributed by atoms with Crippen LogP contribution in [0, 0.1) is 0 Å². The molecule has 116 valence electrons. The van der Waals surface area contributed by atoms with E-state index in [4.69, 9.17) is 22.1 Å². The van der Waals surface area contributed by atoms with Gasteiger partial charge in [-0.05, 0) is 38.0 Å². The summed E-state index contributed by atoms with van der Waals surface area (Å²) in [5.41, 5.74) is 5.93. The molecule has 2 rings (SSSR count). The Morgan fingerprint density at radius 3 is 2.71 bits per heavy atom. The Hall–Kier alpha value is -1.31. The van der Waals surface area contributed by atoms with E-state index in [0.29, 0.717) is 5.69 Å². The molecule has 0 unspecified atom stereocenters. The Balaban J connectivity index is 2.34. The van der Waals surface area contributed by atoms with E-state index in [9.17, 15) is 13.2 Å². The van der Waals surface area contributed by atoms with Gasteiger partial charge in [0, 0.05) is 11.7 Å². The van der Waals surface area contributed by atoms with E-state index in [1.807, 2.05) is 0 Å². The van der Waals surface area contributed by atoms with Crippen molar-refractivity contribution in [3.05, 3.63) is 23.2 Å². The highest BCUT2D eigenvalue weighted by Gasteiger charge is 2.40. The second-order valence-electron chi connectivity index (χ2n) is 4.78. The standard InChI is InChI=1S/C13H17ClN2O4S/c1-2-20-13(17)8-16(10-4-5-10)21(18,19)12-7-9(15)3-6-11(12)14/h3,6-7,10H,2,4-5,8,15H2,1H3. The maximum atomic E-state index is 12.7. The van der Waals surface area contributed by atoms with Crippen molar-refractivity contribution in [1.82, 2.24) is 4.31 Å². The third-order valence-corrected chi connectivity index (χ3v) is 5.47. The number of nitrogens with zero attached hydrogens (tertiary/aromatic N) is 1. The van der Waals surface area contributed by atoms with Gasteiger partial charge in [0.1, 0.15) is 11.4 Å². The monoisotopic (exact) mass is 332 g/mol. The quantitative estimate of drug-likeness (QED) is 0.631. The van der Waals surface area contributed by atoms with Crippen molar-refractivity contribution in [1.29, 1.82) is 0 Å². The minimum atomic E-state index is -3.88. The zero-order valence-corrected chi connectivity index (χ0v) is 13.2. The number of carbonyl (C=O) groups excluding carboxylic acids is 1. The molecule has 0 amide bonds. The molecule has 2 N–H and O–H groups in total. The number of halogens is 1. The molecule has 0 spiro atoms. The molecule has 0 aliphatic heterocycles. The second kappa shape index (κ2) is 6.21. The lowest BCUT2D eigenvalue weighted by Crippen LogP contribution is -2.38. The molecule has 6 nitrogen and oxygen atoms in total. The van der Waals surface area contributed by atoms with Crippen LogP contribution < -0.4 is 5.73 Å². The number of hydrogen-bond acceptors (Lipinski definition) is 5. The number of esters is 1. The molecule has 0 heterocycles. The summed E-state index contributed by atoms with van der Waals surface area (Å²) < 4.78 is 31.4. The molecule has 0 atom stereocenters. The zero-order chi connectivity index (χ0) is 15.6. The predicted octanol–water partition coefficient (Wildman–Crippen LogP) is 1.64. The Labute approximate surface area is 128 Å². The summed E-state index contributed by atoms with van der Waals surface area (Å²) in [5.74, 6) is -0.576. The average Bonchev–Trinajstić information content (AvgIpc) is 3.23. The molecule has 1 saturated carbocycles. The Kier molecular flexibility index (Phi) is 4.75. The van der Waals surface area contributed by atoms with Gasteiger partial charge in [-0.3, -0.25) is 4.79 Å². The Morgan fingerprint density at radius 2 is 2.14 bits per heavy atom. The van der Waals surface area contributed by atoms with Gasteiger partial charge in [-0.25, -0.2) is 8.42 Å². The summed E-state index contributed by atoms with van der Waals surface area (Å²) >= 11 is 5.97. The third kappa shape index (κ3) is 3.66. The summed E-state index contributed by atoms with van der Waals surface area (Å²) in [6, 6.07) is 4.07. The second-order valence-corrected chi connectivity index (χ2v) is 7.04. The fourth-order valence-electron chi connectivity index (χ4n) is 1.95. The number of nitrogen functional groups attached to an aromatic ring is 1. The highest BCUT2D eigenvalue weighted by atomic mass is 35.5. The molecule has 8 heteroatoms. The first-order chi connectivity index (χ1) is 9.86. The van der Waals surface area contributed by atoms with Gasteiger partial charge in [-0.1, -0.05) is 11.6 Å². The van der Waals surface area contributed by atoms with Crippen LogP contribution in [-0.2, 0) is 19.6 Å². The van der Waals surface area contributed by atoms with E-state index in [2.05, 4.69) is 0 Å². The van der Waals surface area contributed by atoms with Gasteiger partial charge < -0.3 is 10.5 Å². The highest BCUT2D eigenvalue weighted by molar-refractivity contribution is 7.89. The van der Waals surface area contributed by atoms with Gasteiger partial charge >= 0.3 is 5.97 Å². The number of rotatable bonds is 6. The van der Waals surface area contributed by atoms with Crippen molar-refractivity contribution in [2.75, 3.05) is 18.9 Å². The maximum absolute atomic E-state index is 12.7. The summed E-state index contributed by atoms with van der Waals surface area (Å²) in [4.78, 5) is 11.5. The van der Waals surface area contributed by atoms with Crippen LogP contribution in [0.1, 0.15) is 19.8 Å². The van der Waals surface area contributed by atoms with Crippen molar-refractivity contribution in [3.63, 3.8) is 0 Å². The number of benzene rings is 1. The first-order valence-corrected chi connectivity index (χ1v) is 8.40. The van der Waals surface area contributed by atoms with Gasteiger partial charge in [0.05, 0.1) is 11.6 Å². The number of ether oxygens (including phenoxy) is 1. The number of hydrogen-bond donors (Lipinski definition) is 1. The van der Waals surface area contributed by atoms with Gasteiger partial charge in [0.2, 0.25) is 10.0 Å². The lowest BCUT2D eigenvalue weighted by Gasteiger charge is -2.21. The minimum absolute atomic E-state index is 0.0821. The molecule has 0 aromatic heterocycles. The Morgan fingerprint density at radius 1 is 1.48 bits per heavy atom. The number of carbonyl (C=O) groups is 1. The van der Waals surface area contributed by atoms with Crippen LogP contribution in [0.4, 0.5) is 5.69 Å². The molecule has 1 aromatic rings. The molecular weight excluding hydrogens is 316 g/mol. The fraction of sp³-hybridized carbons (Fsp3) is 0.462. The Bertz CT molecular complexity index is 644. The average molecular weight is 333 g/mol. The van der Waals surface area contributed by atoms with Crippen molar-refractivity contribution in [3.8, 4) is 0 Å². The van der Waals surface area contributed by atoms with E-state index < -0.39 is 16.0 Å². The van der Waals surface area contributed by atoms with Crippen LogP contribution >= 0.6 is 11.6 Å². The topological polar surface area (TPSA) is 89.7 Å². The summed E-state index contributed by atoms with van der Waals surface area (Å²) in [7, 11) is -3.88. The molecule has 0 saturated heterocycles. The van der Waals surface area contributed by atoms with Crippen molar-refractivity contribution in [2.24, 2.45) is 0 Å². The lowest BCUT2D eigenvalue weighted by molar-refractivity contribution is -0.143. The smallest absolute Gasteiger partial charge is 0.321 e. The van der Waals surface area contributed by atoms with Gasteiger partial charge in [-0.2, -0.15) is 4.31 Å². The predicted molar refractivity (Wildman–Crippen MR) is 79.4 cm³/mol. The van der Waals surface area contributed by atoms with Crippen LogP contribution in [0.3, 0.4) is 0 Å². The van der Waals surface area contributed by atoms with E-state index in [0.717, 1.165) is 17.1 Å². The molecule has 0 bridgehead atoms. The van der Waals surface area contributed by atoms with E-state index in [-0.39, 0.29) is 29.1 Å². The fourth-order valence-corrected chi connectivity index (χ4v) is 4.09. The molecular formula is C13H17ClN2O4S.